The number of aliphatic hydroxyl groups is 1. The van der Waals surface area contributed by atoms with Gasteiger partial charge >= 0.3 is 0 Å². The summed E-state index contributed by atoms with van der Waals surface area (Å²) in [4.78, 5) is 2.15. The smallest absolute Gasteiger partial charge is 0.144 e. The molecule has 0 amide bonds. The van der Waals surface area contributed by atoms with Crippen molar-refractivity contribution >= 4 is 11.4 Å². The summed E-state index contributed by atoms with van der Waals surface area (Å²) in [5.74, 6) is 0.861. The van der Waals surface area contributed by atoms with Crippen molar-refractivity contribution in [3.05, 3.63) is 89.5 Å². The molecule has 0 spiro atoms. The van der Waals surface area contributed by atoms with Crippen molar-refractivity contribution in [2.24, 2.45) is 0 Å². The van der Waals surface area contributed by atoms with Crippen LogP contribution in [0.15, 0.2) is 72.8 Å². The predicted octanol–water partition coefficient (Wildman–Crippen LogP) is 7.57. The first-order valence-corrected chi connectivity index (χ1v) is 12.5. The van der Waals surface area contributed by atoms with Crippen LogP contribution in [0.5, 0.6) is 5.75 Å². The van der Waals surface area contributed by atoms with Crippen molar-refractivity contribution < 1.29 is 9.84 Å². The number of hydrogen-bond donors (Lipinski definition) is 1. The fourth-order valence-electron chi connectivity index (χ4n) is 4.95. The van der Waals surface area contributed by atoms with Crippen LogP contribution in [0, 0.1) is 0 Å². The average Bonchev–Trinajstić information content (AvgIpc) is 2.87. The molecule has 0 aromatic heterocycles. The second kappa shape index (κ2) is 10.9. The molecule has 1 heterocycles. The third-order valence-corrected chi connectivity index (χ3v) is 6.85. The third kappa shape index (κ3) is 4.94. The van der Waals surface area contributed by atoms with E-state index in [2.05, 4.69) is 31.0 Å². The summed E-state index contributed by atoms with van der Waals surface area (Å²) in [5.41, 5.74) is 3.51. The molecule has 1 aliphatic heterocycles. The van der Waals surface area contributed by atoms with Gasteiger partial charge in [0.15, 0.2) is 0 Å². The molecule has 0 atom stereocenters. The van der Waals surface area contributed by atoms with E-state index in [9.17, 15) is 5.11 Å². The van der Waals surface area contributed by atoms with Crippen LogP contribution in [0.3, 0.4) is 0 Å². The fraction of sp³-hybridized carbons (Fsp3) is 0.400. The molecule has 0 saturated carbocycles. The summed E-state index contributed by atoms with van der Waals surface area (Å²) in [6.07, 6.45) is 10.4. The van der Waals surface area contributed by atoms with Gasteiger partial charge in [0, 0.05) is 29.5 Å². The molecule has 3 aromatic carbocycles. The minimum atomic E-state index is -1.20. The van der Waals surface area contributed by atoms with Crippen LogP contribution in [0.1, 0.15) is 75.0 Å². The fourth-order valence-corrected chi connectivity index (χ4v) is 4.95. The van der Waals surface area contributed by atoms with Crippen LogP contribution in [-0.2, 0) is 5.60 Å². The normalized spacial score (nSPS) is 14.0. The molecule has 0 fully saturated rings. The van der Waals surface area contributed by atoms with Crippen molar-refractivity contribution in [2.45, 2.75) is 63.9 Å². The SMILES string of the molecule is CCCCCCCCCCOc1ccc(C2(O)c3ccccc3N(C)c3ccccc32)cc1. The van der Waals surface area contributed by atoms with Crippen molar-refractivity contribution in [1.82, 2.24) is 0 Å². The lowest BCUT2D eigenvalue weighted by Gasteiger charge is -2.41. The van der Waals surface area contributed by atoms with Crippen LogP contribution in [0.25, 0.3) is 0 Å². The van der Waals surface area contributed by atoms with Gasteiger partial charge in [-0.25, -0.2) is 0 Å². The first kappa shape index (κ1) is 23.4. The van der Waals surface area contributed by atoms with Gasteiger partial charge in [0.2, 0.25) is 0 Å². The van der Waals surface area contributed by atoms with Gasteiger partial charge in [-0.2, -0.15) is 0 Å². The second-order valence-electron chi connectivity index (χ2n) is 9.15. The molecule has 0 bridgehead atoms. The van der Waals surface area contributed by atoms with Gasteiger partial charge in [-0.3, -0.25) is 0 Å². The highest BCUT2D eigenvalue weighted by atomic mass is 16.5. The zero-order valence-electron chi connectivity index (χ0n) is 20.1. The first-order valence-electron chi connectivity index (χ1n) is 12.5. The highest BCUT2D eigenvalue weighted by molar-refractivity contribution is 5.78. The molecular weight excluding hydrogens is 406 g/mol. The standard InChI is InChI=1S/C30H37NO2/c1-3-4-5-6-7-8-9-14-23-33-25-21-19-24(20-22-25)30(32)26-15-10-12-17-28(26)31(2)29-18-13-11-16-27(29)30/h10-13,15-22,32H,3-9,14,23H2,1-2H3. The van der Waals surface area contributed by atoms with E-state index in [-0.39, 0.29) is 0 Å². The number of benzene rings is 3. The van der Waals surface area contributed by atoms with E-state index in [0.29, 0.717) is 0 Å². The van der Waals surface area contributed by atoms with E-state index in [0.717, 1.165) is 46.8 Å². The lowest BCUT2D eigenvalue weighted by molar-refractivity contribution is 0.125. The number of hydrogen-bond acceptors (Lipinski definition) is 3. The summed E-state index contributed by atoms with van der Waals surface area (Å²) >= 11 is 0. The van der Waals surface area contributed by atoms with Crippen molar-refractivity contribution in [3.63, 3.8) is 0 Å². The Morgan fingerprint density at radius 1 is 0.697 bits per heavy atom. The van der Waals surface area contributed by atoms with Gasteiger partial charge in [0.05, 0.1) is 6.61 Å². The zero-order chi connectivity index (χ0) is 23.1. The molecule has 0 unspecified atom stereocenters. The van der Waals surface area contributed by atoms with Gasteiger partial charge in [0.25, 0.3) is 0 Å². The second-order valence-corrected chi connectivity index (χ2v) is 9.15. The molecule has 174 valence electrons. The van der Waals surface area contributed by atoms with E-state index >= 15 is 0 Å². The maximum Gasteiger partial charge on any atom is 0.144 e. The summed E-state index contributed by atoms with van der Waals surface area (Å²) in [5, 5.41) is 12.1. The van der Waals surface area contributed by atoms with E-state index in [4.69, 9.17) is 4.74 Å². The van der Waals surface area contributed by atoms with Gasteiger partial charge in [-0.05, 0) is 36.2 Å². The Morgan fingerprint density at radius 3 is 1.79 bits per heavy atom. The summed E-state index contributed by atoms with van der Waals surface area (Å²) in [6.45, 7) is 3.00. The maximum atomic E-state index is 12.1. The summed E-state index contributed by atoms with van der Waals surface area (Å²) < 4.78 is 5.99. The number of unbranched alkanes of at least 4 members (excludes halogenated alkanes) is 7. The highest BCUT2D eigenvalue weighted by Crippen LogP contribution is 2.50. The third-order valence-electron chi connectivity index (χ3n) is 6.85. The van der Waals surface area contributed by atoms with Crippen LogP contribution < -0.4 is 9.64 Å². The van der Waals surface area contributed by atoms with E-state index in [1.807, 2.05) is 60.7 Å². The lowest BCUT2D eigenvalue weighted by atomic mass is 9.76. The zero-order valence-corrected chi connectivity index (χ0v) is 20.1. The predicted molar refractivity (Wildman–Crippen MR) is 138 cm³/mol. The number of rotatable bonds is 11. The summed E-state index contributed by atoms with van der Waals surface area (Å²) in [7, 11) is 2.05. The molecule has 3 nitrogen and oxygen atoms in total. The molecule has 1 N–H and O–H groups in total. The van der Waals surface area contributed by atoms with Crippen LogP contribution in [0.2, 0.25) is 0 Å². The van der Waals surface area contributed by atoms with Crippen molar-refractivity contribution in [1.29, 1.82) is 0 Å². The Labute approximate surface area is 199 Å². The molecule has 0 saturated heterocycles. The average molecular weight is 444 g/mol. The number of nitrogens with zero attached hydrogens (tertiary/aromatic N) is 1. The van der Waals surface area contributed by atoms with E-state index in [1.165, 1.54) is 44.9 Å². The molecule has 33 heavy (non-hydrogen) atoms. The first-order chi connectivity index (χ1) is 16.2. The van der Waals surface area contributed by atoms with Crippen LogP contribution >= 0.6 is 0 Å². The van der Waals surface area contributed by atoms with Gasteiger partial charge < -0.3 is 14.7 Å². The Kier molecular flexibility index (Phi) is 7.72. The van der Waals surface area contributed by atoms with Crippen LogP contribution in [0.4, 0.5) is 11.4 Å². The Balaban J connectivity index is 1.42. The van der Waals surface area contributed by atoms with Crippen LogP contribution in [-0.4, -0.2) is 18.8 Å². The van der Waals surface area contributed by atoms with Gasteiger partial charge in [-0.15, -0.1) is 0 Å². The molecule has 3 aromatic rings. The molecule has 3 heteroatoms. The molecule has 1 aliphatic rings. The topological polar surface area (TPSA) is 32.7 Å². The lowest BCUT2D eigenvalue weighted by Crippen LogP contribution is -2.36. The Morgan fingerprint density at radius 2 is 1.21 bits per heavy atom. The summed E-state index contributed by atoms with van der Waals surface area (Å²) in [6, 6.07) is 24.2. The molecule has 0 radical (unpaired) electrons. The Bertz CT molecular complexity index is 980. The monoisotopic (exact) mass is 443 g/mol. The number of fused-ring (bicyclic) bond motifs is 2. The molecule has 4 rings (SSSR count). The largest absolute Gasteiger partial charge is 0.494 e. The number of ether oxygens (including phenoxy) is 1. The maximum absolute atomic E-state index is 12.1. The molecule has 0 aliphatic carbocycles. The van der Waals surface area contributed by atoms with Crippen molar-refractivity contribution in [2.75, 3.05) is 18.6 Å². The quantitative estimate of drug-likeness (QED) is 0.310. The van der Waals surface area contributed by atoms with Crippen molar-refractivity contribution in [3.8, 4) is 5.75 Å². The van der Waals surface area contributed by atoms with Gasteiger partial charge in [-0.1, -0.05) is 100 Å². The number of anilines is 2. The number of para-hydroxylation sites is 2. The minimum Gasteiger partial charge on any atom is -0.494 e. The van der Waals surface area contributed by atoms with Gasteiger partial charge in [0.1, 0.15) is 11.4 Å². The Hall–Kier alpha value is -2.78. The minimum absolute atomic E-state index is 0.745. The molecular formula is C30H37NO2. The van der Waals surface area contributed by atoms with E-state index in [1.54, 1.807) is 0 Å². The highest BCUT2D eigenvalue weighted by Gasteiger charge is 2.42. The van der Waals surface area contributed by atoms with E-state index < -0.39 is 5.60 Å².